The molecule has 1 N–H and O–H groups in total. The third kappa shape index (κ3) is 2.01. The van der Waals surface area contributed by atoms with Crippen LogP contribution >= 0.6 is 0 Å². The highest BCUT2D eigenvalue weighted by Gasteiger charge is 2.52. The van der Waals surface area contributed by atoms with Gasteiger partial charge in [0.15, 0.2) is 0 Å². The van der Waals surface area contributed by atoms with Crippen LogP contribution < -0.4 is 0 Å². The van der Waals surface area contributed by atoms with Gasteiger partial charge in [0.25, 0.3) is 0 Å². The van der Waals surface area contributed by atoms with Crippen molar-refractivity contribution >= 4 is 11.9 Å². The Bertz CT molecular complexity index is 342. The summed E-state index contributed by atoms with van der Waals surface area (Å²) in [5.74, 6) is -1.69. The number of carbonyl (C=O) groups is 2. The number of carboxylic acid groups (broad SMARTS) is 1. The number of carboxylic acids is 1. The quantitative estimate of drug-likeness (QED) is 0.718. The Morgan fingerprint density at radius 1 is 1.56 bits per heavy atom. The van der Waals surface area contributed by atoms with Gasteiger partial charge in [0.05, 0.1) is 12.0 Å². The molecule has 1 atom stereocenters. The molecule has 0 saturated heterocycles. The lowest BCUT2D eigenvalue weighted by molar-refractivity contribution is -0.166. The Labute approximate surface area is 94.7 Å². The van der Waals surface area contributed by atoms with Crippen LogP contribution in [0.2, 0.25) is 0 Å². The molecule has 1 aliphatic rings. The average molecular weight is 224 g/mol. The lowest BCUT2D eigenvalue weighted by Gasteiger charge is -2.39. The van der Waals surface area contributed by atoms with Crippen LogP contribution in [-0.2, 0) is 9.59 Å². The summed E-state index contributed by atoms with van der Waals surface area (Å²) in [6.07, 6.45) is 1.60. The fourth-order valence-corrected chi connectivity index (χ4v) is 1.95. The van der Waals surface area contributed by atoms with Crippen LogP contribution in [-0.4, -0.2) is 35.5 Å². The van der Waals surface area contributed by atoms with Gasteiger partial charge in [-0.25, -0.2) is 0 Å². The second kappa shape index (κ2) is 4.52. The van der Waals surface area contributed by atoms with Crippen LogP contribution in [0.15, 0.2) is 0 Å². The SMILES string of the molecule is CC(C#N)CN(C)C(=O)C1(C(=O)O)CCC1. The zero-order valence-electron chi connectivity index (χ0n) is 9.56. The van der Waals surface area contributed by atoms with E-state index >= 15 is 0 Å². The largest absolute Gasteiger partial charge is 0.480 e. The van der Waals surface area contributed by atoms with E-state index in [2.05, 4.69) is 0 Å². The average Bonchev–Trinajstić information content (AvgIpc) is 2.14. The van der Waals surface area contributed by atoms with Crippen molar-refractivity contribution in [3.8, 4) is 6.07 Å². The Balaban J connectivity index is 2.70. The molecular weight excluding hydrogens is 208 g/mol. The van der Waals surface area contributed by atoms with Crippen molar-refractivity contribution in [2.75, 3.05) is 13.6 Å². The number of nitriles is 1. The van der Waals surface area contributed by atoms with E-state index < -0.39 is 11.4 Å². The number of carbonyl (C=O) groups excluding carboxylic acids is 1. The van der Waals surface area contributed by atoms with Crippen LogP contribution in [0.25, 0.3) is 0 Å². The summed E-state index contributed by atoms with van der Waals surface area (Å²) in [4.78, 5) is 24.4. The van der Waals surface area contributed by atoms with Gasteiger partial charge in [-0.3, -0.25) is 9.59 Å². The molecule has 1 saturated carbocycles. The minimum atomic E-state index is -1.22. The Morgan fingerprint density at radius 3 is 2.44 bits per heavy atom. The van der Waals surface area contributed by atoms with Crippen molar-refractivity contribution in [1.29, 1.82) is 5.26 Å². The van der Waals surface area contributed by atoms with Crippen LogP contribution in [0.3, 0.4) is 0 Å². The van der Waals surface area contributed by atoms with Gasteiger partial charge >= 0.3 is 5.97 Å². The van der Waals surface area contributed by atoms with E-state index in [-0.39, 0.29) is 18.4 Å². The third-order valence-corrected chi connectivity index (χ3v) is 3.14. The van der Waals surface area contributed by atoms with E-state index in [1.165, 1.54) is 4.90 Å². The maximum Gasteiger partial charge on any atom is 0.319 e. The first kappa shape index (κ1) is 12.5. The van der Waals surface area contributed by atoms with Gasteiger partial charge in [0.1, 0.15) is 5.41 Å². The smallest absolute Gasteiger partial charge is 0.319 e. The van der Waals surface area contributed by atoms with Crippen LogP contribution in [0.5, 0.6) is 0 Å². The van der Waals surface area contributed by atoms with Crippen molar-refractivity contribution < 1.29 is 14.7 Å². The molecule has 1 aliphatic carbocycles. The van der Waals surface area contributed by atoms with Gasteiger partial charge in [-0.15, -0.1) is 0 Å². The van der Waals surface area contributed by atoms with E-state index in [4.69, 9.17) is 10.4 Å². The van der Waals surface area contributed by atoms with Gasteiger partial charge in [-0.2, -0.15) is 5.26 Å². The molecule has 0 aliphatic heterocycles. The first-order valence-corrected chi connectivity index (χ1v) is 5.32. The predicted molar refractivity (Wildman–Crippen MR) is 56.3 cm³/mol. The van der Waals surface area contributed by atoms with Gasteiger partial charge in [0.2, 0.25) is 5.91 Å². The van der Waals surface area contributed by atoms with Crippen LogP contribution in [0, 0.1) is 22.7 Å². The monoisotopic (exact) mass is 224 g/mol. The van der Waals surface area contributed by atoms with E-state index in [1.54, 1.807) is 14.0 Å². The van der Waals surface area contributed by atoms with Crippen molar-refractivity contribution in [3.05, 3.63) is 0 Å². The molecule has 16 heavy (non-hydrogen) atoms. The number of amides is 1. The second-order valence-corrected chi connectivity index (χ2v) is 4.46. The second-order valence-electron chi connectivity index (χ2n) is 4.46. The molecule has 1 rings (SSSR count). The molecule has 0 heterocycles. The Morgan fingerprint density at radius 2 is 2.12 bits per heavy atom. The normalized spacial score (nSPS) is 19.1. The Hall–Kier alpha value is -1.57. The number of hydrogen-bond donors (Lipinski definition) is 1. The summed E-state index contributed by atoms with van der Waals surface area (Å²) < 4.78 is 0. The van der Waals surface area contributed by atoms with Gasteiger partial charge < -0.3 is 10.0 Å². The molecule has 0 bridgehead atoms. The van der Waals surface area contributed by atoms with Gasteiger partial charge in [-0.05, 0) is 19.8 Å². The lowest BCUT2D eigenvalue weighted by atomic mass is 9.68. The molecular formula is C11H16N2O3. The first-order valence-electron chi connectivity index (χ1n) is 5.32. The minimum absolute atomic E-state index is 0.278. The summed E-state index contributed by atoms with van der Waals surface area (Å²) in [6, 6.07) is 2.03. The standard InChI is InChI=1S/C11H16N2O3/c1-8(6-12)7-13(2)9(14)11(10(15)16)4-3-5-11/h8H,3-5,7H2,1-2H3,(H,15,16). The summed E-state index contributed by atoms with van der Waals surface area (Å²) in [6.45, 7) is 1.99. The third-order valence-electron chi connectivity index (χ3n) is 3.14. The van der Waals surface area contributed by atoms with Gasteiger partial charge in [-0.1, -0.05) is 6.42 Å². The van der Waals surface area contributed by atoms with Crippen molar-refractivity contribution in [3.63, 3.8) is 0 Å². The number of nitrogens with zero attached hydrogens (tertiary/aromatic N) is 2. The molecule has 5 heteroatoms. The molecule has 0 radical (unpaired) electrons. The molecule has 5 nitrogen and oxygen atoms in total. The maximum atomic E-state index is 12.0. The predicted octanol–water partition coefficient (Wildman–Crippen LogP) is 0.859. The fourth-order valence-electron chi connectivity index (χ4n) is 1.95. The van der Waals surface area contributed by atoms with Gasteiger partial charge in [0, 0.05) is 13.6 Å². The highest BCUT2D eigenvalue weighted by atomic mass is 16.4. The summed E-state index contributed by atoms with van der Waals surface area (Å²) >= 11 is 0. The van der Waals surface area contributed by atoms with E-state index in [9.17, 15) is 9.59 Å². The molecule has 1 unspecified atom stereocenters. The number of aliphatic carboxylic acids is 1. The zero-order valence-corrected chi connectivity index (χ0v) is 9.56. The maximum absolute atomic E-state index is 12.0. The minimum Gasteiger partial charge on any atom is -0.480 e. The molecule has 0 aromatic rings. The Kier molecular flexibility index (Phi) is 3.53. The number of hydrogen-bond acceptors (Lipinski definition) is 3. The van der Waals surface area contributed by atoms with E-state index in [0.29, 0.717) is 12.8 Å². The van der Waals surface area contributed by atoms with Crippen LogP contribution in [0.4, 0.5) is 0 Å². The lowest BCUT2D eigenvalue weighted by Crippen LogP contribution is -2.52. The van der Waals surface area contributed by atoms with Crippen molar-refractivity contribution in [2.24, 2.45) is 11.3 Å². The topological polar surface area (TPSA) is 81.4 Å². The fraction of sp³-hybridized carbons (Fsp3) is 0.727. The summed E-state index contributed by atoms with van der Waals surface area (Å²) in [7, 11) is 1.55. The number of rotatable bonds is 4. The molecule has 88 valence electrons. The molecule has 0 aromatic carbocycles. The first-order chi connectivity index (χ1) is 7.44. The molecule has 1 fully saturated rings. The molecule has 0 spiro atoms. The van der Waals surface area contributed by atoms with E-state index in [1.807, 2.05) is 6.07 Å². The van der Waals surface area contributed by atoms with Crippen molar-refractivity contribution in [2.45, 2.75) is 26.2 Å². The molecule has 1 amide bonds. The molecule has 0 aromatic heterocycles. The summed E-state index contributed by atoms with van der Waals surface area (Å²) in [5.41, 5.74) is -1.22. The van der Waals surface area contributed by atoms with Crippen LogP contribution in [0.1, 0.15) is 26.2 Å². The highest BCUT2D eigenvalue weighted by molar-refractivity contribution is 6.02. The highest BCUT2D eigenvalue weighted by Crippen LogP contribution is 2.42. The van der Waals surface area contributed by atoms with E-state index in [0.717, 1.165) is 6.42 Å². The van der Waals surface area contributed by atoms with Crippen molar-refractivity contribution in [1.82, 2.24) is 4.90 Å². The summed E-state index contributed by atoms with van der Waals surface area (Å²) in [5, 5.41) is 17.7. The zero-order chi connectivity index (χ0) is 12.3.